The van der Waals surface area contributed by atoms with E-state index >= 15 is 0 Å². The fourth-order valence-corrected chi connectivity index (χ4v) is 3.83. The number of nitro groups is 2. The summed E-state index contributed by atoms with van der Waals surface area (Å²) >= 11 is 0. The highest BCUT2D eigenvalue weighted by atomic mass is 16.6. The quantitative estimate of drug-likeness (QED) is 0.265. The van der Waals surface area contributed by atoms with Crippen molar-refractivity contribution in [3.05, 3.63) is 128 Å². The summed E-state index contributed by atoms with van der Waals surface area (Å²) in [5.41, 5.74) is 5.47. The van der Waals surface area contributed by atoms with Gasteiger partial charge in [0, 0.05) is 46.5 Å². The van der Waals surface area contributed by atoms with Crippen LogP contribution in [-0.2, 0) is 0 Å². The summed E-state index contributed by atoms with van der Waals surface area (Å²) in [4.78, 5) is 31.3. The highest BCUT2D eigenvalue weighted by Gasteiger charge is 2.21. The van der Waals surface area contributed by atoms with Gasteiger partial charge >= 0.3 is 0 Å². The van der Waals surface area contributed by atoms with Gasteiger partial charge < -0.3 is 0 Å². The standard InChI is InChI=1S/C26H16N4O4/c31-29(32)19-13-9-17(10-14-19)25-26(18-11-15-20(16-12-18)30(33)34)28-24-8-4-2-6-22(24)21-5-1-3-7-23(21)27-25/h1-16H. The second-order valence-electron chi connectivity index (χ2n) is 7.56. The number of aliphatic imine (C=N–C) groups is 2. The Balaban J connectivity index is 1.78. The summed E-state index contributed by atoms with van der Waals surface area (Å²) in [7, 11) is 0. The number of nitrogens with zero attached hydrogens (tertiary/aromatic N) is 4. The smallest absolute Gasteiger partial charge is 0.258 e. The van der Waals surface area contributed by atoms with Crippen molar-refractivity contribution in [2.24, 2.45) is 9.98 Å². The van der Waals surface area contributed by atoms with Crippen LogP contribution in [0.15, 0.2) is 107 Å². The Labute approximate surface area is 193 Å². The van der Waals surface area contributed by atoms with E-state index in [1.165, 1.54) is 24.3 Å². The van der Waals surface area contributed by atoms with Crippen LogP contribution in [0.3, 0.4) is 0 Å². The monoisotopic (exact) mass is 448 g/mol. The van der Waals surface area contributed by atoms with Gasteiger partial charge in [0.1, 0.15) is 0 Å². The van der Waals surface area contributed by atoms with E-state index < -0.39 is 9.85 Å². The second-order valence-corrected chi connectivity index (χ2v) is 7.56. The van der Waals surface area contributed by atoms with Crippen molar-refractivity contribution in [1.29, 1.82) is 0 Å². The van der Waals surface area contributed by atoms with E-state index in [9.17, 15) is 20.2 Å². The lowest BCUT2D eigenvalue weighted by Crippen LogP contribution is -2.18. The molecule has 0 aromatic heterocycles. The molecule has 0 bridgehead atoms. The Morgan fingerprint density at radius 2 is 0.853 bits per heavy atom. The van der Waals surface area contributed by atoms with E-state index in [0.717, 1.165) is 22.5 Å². The molecule has 0 aliphatic carbocycles. The molecule has 0 N–H and O–H groups in total. The minimum absolute atomic E-state index is 0.0326. The van der Waals surface area contributed by atoms with E-state index in [2.05, 4.69) is 0 Å². The van der Waals surface area contributed by atoms with Gasteiger partial charge in [0.2, 0.25) is 0 Å². The minimum Gasteiger partial charge on any atom is -0.258 e. The van der Waals surface area contributed by atoms with Crippen molar-refractivity contribution in [2.45, 2.75) is 0 Å². The van der Waals surface area contributed by atoms with Gasteiger partial charge in [0.15, 0.2) is 0 Å². The van der Waals surface area contributed by atoms with Gasteiger partial charge in [0.05, 0.1) is 32.6 Å². The summed E-state index contributed by atoms with van der Waals surface area (Å²) < 4.78 is 0. The highest BCUT2D eigenvalue weighted by Crippen LogP contribution is 2.39. The molecule has 1 heterocycles. The first-order valence-corrected chi connectivity index (χ1v) is 10.4. The van der Waals surface area contributed by atoms with E-state index in [1.54, 1.807) is 24.3 Å². The predicted octanol–water partition coefficient (Wildman–Crippen LogP) is 6.43. The van der Waals surface area contributed by atoms with Crippen molar-refractivity contribution in [3.63, 3.8) is 0 Å². The fraction of sp³-hybridized carbons (Fsp3) is 0. The summed E-state index contributed by atoms with van der Waals surface area (Å²) in [6, 6.07) is 27.6. The molecule has 8 heteroatoms. The summed E-state index contributed by atoms with van der Waals surface area (Å²) in [5.74, 6) is 0. The number of hydrogen-bond donors (Lipinski definition) is 0. The zero-order chi connectivity index (χ0) is 23.7. The molecule has 8 nitrogen and oxygen atoms in total. The van der Waals surface area contributed by atoms with Gasteiger partial charge in [-0.2, -0.15) is 0 Å². The first kappa shape index (κ1) is 20.9. The molecule has 4 aromatic rings. The van der Waals surface area contributed by atoms with E-state index in [1.807, 2.05) is 48.5 Å². The third-order valence-electron chi connectivity index (χ3n) is 5.49. The third-order valence-corrected chi connectivity index (χ3v) is 5.49. The maximum atomic E-state index is 11.2. The van der Waals surface area contributed by atoms with E-state index in [0.29, 0.717) is 22.6 Å². The van der Waals surface area contributed by atoms with Crippen LogP contribution >= 0.6 is 0 Å². The number of benzene rings is 4. The molecule has 164 valence electrons. The molecular weight excluding hydrogens is 432 g/mol. The van der Waals surface area contributed by atoms with Crippen LogP contribution in [-0.4, -0.2) is 21.3 Å². The lowest BCUT2D eigenvalue weighted by Gasteiger charge is -2.18. The summed E-state index contributed by atoms with van der Waals surface area (Å²) in [6.45, 7) is 0. The SMILES string of the molecule is O=[N+]([O-])c1ccc(C2=Nc3ccccc3-c3ccccc3N=C2c2ccc([N+](=O)[O-])cc2)cc1. The molecule has 0 radical (unpaired) electrons. The van der Waals surface area contributed by atoms with Crippen molar-refractivity contribution in [2.75, 3.05) is 0 Å². The number of hydrogen-bond acceptors (Lipinski definition) is 6. The minimum atomic E-state index is -0.458. The summed E-state index contributed by atoms with van der Waals surface area (Å²) in [6.07, 6.45) is 0. The van der Waals surface area contributed by atoms with Gasteiger partial charge in [-0.3, -0.25) is 20.2 Å². The predicted molar refractivity (Wildman–Crippen MR) is 130 cm³/mol. The lowest BCUT2D eigenvalue weighted by atomic mass is 9.95. The van der Waals surface area contributed by atoms with Crippen LogP contribution in [0.2, 0.25) is 0 Å². The number of para-hydroxylation sites is 2. The summed E-state index contributed by atoms with van der Waals surface area (Å²) in [5, 5.41) is 22.3. The molecule has 34 heavy (non-hydrogen) atoms. The molecule has 4 aromatic carbocycles. The van der Waals surface area contributed by atoms with Crippen molar-refractivity contribution >= 4 is 34.2 Å². The molecule has 5 rings (SSSR count). The Hall–Kier alpha value is -4.98. The molecule has 0 atom stereocenters. The zero-order valence-electron chi connectivity index (χ0n) is 17.7. The molecule has 0 unspecified atom stereocenters. The zero-order valence-corrected chi connectivity index (χ0v) is 17.7. The largest absolute Gasteiger partial charge is 0.269 e. The Morgan fingerprint density at radius 1 is 0.500 bits per heavy atom. The molecule has 0 spiro atoms. The topological polar surface area (TPSA) is 111 Å². The van der Waals surface area contributed by atoms with Gasteiger partial charge in [-0.15, -0.1) is 0 Å². The van der Waals surface area contributed by atoms with Crippen molar-refractivity contribution < 1.29 is 9.85 Å². The van der Waals surface area contributed by atoms with Crippen LogP contribution in [0.1, 0.15) is 11.1 Å². The lowest BCUT2D eigenvalue weighted by molar-refractivity contribution is -0.385. The van der Waals surface area contributed by atoms with Crippen LogP contribution < -0.4 is 0 Å². The molecule has 1 aliphatic rings. The first-order chi connectivity index (χ1) is 16.5. The van der Waals surface area contributed by atoms with Crippen molar-refractivity contribution in [3.8, 4) is 11.1 Å². The van der Waals surface area contributed by atoms with Gasteiger partial charge in [0.25, 0.3) is 11.4 Å². The van der Waals surface area contributed by atoms with Crippen molar-refractivity contribution in [1.82, 2.24) is 0 Å². The Morgan fingerprint density at radius 3 is 1.21 bits per heavy atom. The average Bonchev–Trinajstić information content (AvgIpc) is 2.85. The number of non-ortho nitro benzene ring substituents is 2. The maximum absolute atomic E-state index is 11.2. The molecule has 0 fully saturated rings. The first-order valence-electron chi connectivity index (χ1n) is 10.4. The van der Waals surface area contributed by atoms with Crippen LogP contribution in [0.25, 0.3) is 11.1 Å². The number of nitro benzene ring substituents is 2. The molecule has 0 amide bonds. The molecule has 0 saturated heterocycles. The van der Waals surface area contributed by atoms with Gasteiger partial charge in [-0.1, -0.05) is 36.4 Å². The van der Waals surface area contributed by atoms with Gasteiger partial charge in [-0.05, 0) is 36.4 Å². The van der Waals surface area contributed by atoms with E-state index in [4.69, 9.17) is 9.98 Å². The number of rotatable bonds is 4. The van der Waals surface area contributed by atoms with Gasteiger partial charge in [-0.25, -0.2) is 9.98 Å². The fourth-order valence-electron chi connectivity index (χ4n) is 3.83. The molecule has 1 aliphatic heterocycles. The molecule has 0 saturated carbocycles. The highest BCUT2D eigenvalue weighted by molar-refractivity contribution is 6.54. The third kappa shape index (κ3) is 3.84. The van der Waals surface area contributed by atoms with Crippen LogP contribution in [0.5, 0.6) is 0 Å². The maximum Gasteiger partial charge on any atom is 0.269 e. The van der Waals surface area contributed by atoms with E-state index in [-0.39, 0.29) is 11.4 Å². The average molecular weight is 448 g/mol. The molecular formula is C26H16N4O4. The normalized spacial score (nSPS) is 12.4. The van der Waals surface area contributed by atoms with Crippen LogP contribution in [0, 0.1) is 20.2 Å². The number of fused-ring (bicyclic) bond motifs is 3. The Kier molecular flexibility index (Phi) is 5.23. The van der Waals surface area contributed by atoms with Crippen LogP contribution in [0.4, 0.5) is 22.7 Å². The second kappa shape index (κ2) is 8.51. The Bertz CT molecular complexity index is 1380.